The minimum atomic E-state index is -4.80. The molecule has 2 saturated carbocycles. The van der Waals surface area contributed by atoms with Gasteiger partial charge in [0.25, 0.3) is 10.0 Å². The predicted octanol–water partition coefficient (Wildman–Crippen LogP) is 7.35. The molecule has 0 unspecified atom stereocenters. The predicted molar refractivity (Wildman–Crippen MR) is 149 cm³/mol. The summed E-state index contributed by atoms with van der Waals surface area (Å²) in [6, 6.07) is 10.6. The largest absolute Gasteiger partial charge is 0.486 e. The Hall–Kier alpha value is -3.94. The van der Waals surface area contributed by atoms with E-state index in [9.17, 15) is 44.7 Å². The van der Waals surface area contributed by atoms with Gasteiger partial charge < -0.3 is 14.6 Å². The molecule has 3 aromatic carbocycles. The Morgan fingerprint density at radius 2 is 1.76 bits per heavy atom. The molecule has 1 aliphatic heterocycles. The monoisotopic (exact) mass is 655 g/mol. The molecule has 1 N–H and O–H groups in total. The molecule has 0 aromatic heterocycles. The number of aliphatic carboxylic acids is 1. The van der Waals surface area contributed by atoms with Crippen LogP contribution in [0.1, 0.15) is 37.7 Å². The lowest BCUT2D eigenvalue weighted by Gasteiger charge is -2.41. The highest BCUT2D eigenvalue weighted by Gasteiger charge is 2.59. The summed E-state index contributed by atoms with van der Waals surface area (Å²) in [7, 11) is -4.61. The molecule has 1 spiro atoms. The van der Waals surface area contributed by atoms with Crippen LogP contribution in [0.4, 0.5) is 32.0 Å². The van der Waals surface area contributed by atoms with E-state index in [0.29, 0.717) is 38.2 Å². The number of alkyl halides is 5. The van der Waals surface area contributed by atoms with Crippen molar-refractivity contribution in [2.75, 3.05) is 10.8 Å². The number of halogens is 6. The number of sulfonamides is 1. The second kappa shape index (κ2) is 11.1. The summed E-state index contributed by atoms with van der Waals surface area (Å²) in [5, 5.41) is 9.44. The summed E-state index contributed by atoms with van der Waals surface area (Å²) in [4.78, 5) is 10.9. The Balaban J connectivity index is 1.38. The number of carboxylic acids is 1. The van der Waals surface area contributed by atoms with E-state index < -0.39 is 62.8 Å². The minimum Gasteiger partial charge on any atom is -0.486 e. The van der Waals surface area contributed by atoms with Crippen molar-refractivity contribution in [3.8, 4) is 22.6 Å². The SMILES string of the molecule is O=C(O)[C@H]1CC12CCC([C@H]1CN(S(=O)(=O)c3cccc(C(F)(F)F)c3)c3cc(-c4cc(F)cc(OC(F)F)c4)ccc3O1)CC2. The third kappa shape index (κ3) is 6.03. The standard InChI is InChI=1S/C31H27F6NO6S/c32-21-10-19(11-22(14-21)43-29(33)34)18-4-5-26-25(12-18)38(45(41,42)23-3-1-2-20(13-23)31(35,36)37)16-27(44-26)17-6-8-30(9-7-17)15-24(30)28(39)40/h1-5,10-14,17,24,27,29H,6-9,15-16H2,(H,39,40)/t17?,24-,27-,30?/m1/s1. The van der Waals surface area contributed by atoms with E-state index in [4.69, 9.17) is 4.74 Å². The van der Waals surface area contributed by atoms with Gasteiger partial charge in [-0.05, 0) is 97.0 Å². The molecule has 0 radical (unpaired) electrons. The number of ether oxygens (including phenoxy) is 2. The molecule has 7 nitrogen and oxygen atoms in total. The van der Waals surface area contributed by atoms with Crippen LogP contribution >= 0.6 is 0 Å². The van der Waals surface area contributed by atoms with Crippen molar-refractivity contribution < 1.29 is 54.1 Å². The molecular weight excluding hydrogens is 628 g/mol. The summed E-state index contributed by atoms with van der Waals surface area (Å²) in [5.41, 5.74) is -1.15. The summed E-state index contributed by atoms with van der Waals surface area (Å²) in [5.74, 6) is -2.63. The minimum absolute atomic E-state index is 0.0258. The molecule has 6 rings (SSSR count). The molecule has 0 bridgehead atoms. The number of benzene rings is 3. The van der Waals surface area contributed by atoms with Crippen LogP contribution in [0.15, 0.2) is 65.6 Å². The van der Waals surface area contributed by atoms with Gasteiger partial charge in [0, 0.05) is 6.07 Å². The molecule has 0 amide bonds. The lowest BCUT2D eigenvalue weighted by Crippen LogP contribution is -2.47. The van der Waals surface area contributed by atoms with Gasteiger partial charge in [-0.2, -0.15) is 22.0 Å². The van der Waals surface area contributed by atoms with Gasteiger partial charge >= 0.3 is 18.8 Å². The van der Waals surface area contributed by atoms with Crippen molar-refractivity contribution in [1.82, 2.24) is 0 Å². The Kier molecular flexibility index (Phi) is 7.69. The molecule has 3 aromatic rings. The van der Waals surface area contributed by atoms with Gasteiger partial charge in [0.15, 0.2) is 0 Å². The van der Waals surface area contributed by atoms with Crippen LogP contribution in [0.5, 0.6) is 11.5 Å². The Morgan fingerprint density at radius 3 is 2.40 bits per heavy atom. The van der Waals surface area contributed by atoms with Gasteiger partial charge in [-0.1, -0.05) is 12.1 Å². The molecule has 2 fully saturated rings. The van der Waals surface area contributed by atoms with E-state index in [1.807, 2.05) is 0 Å². The van der Waals surface area contributed by atoms with Crippen molar-refractivity contribution in [2.24, 2.45) is 17.3 Å². The van der Waals surface area contributed by atoms with Crippen molar-refractivity contribution in [3.05, 3.63) is 72.0 Å². The number of carbonyl (C=O) groups is 1. The quantitative estimate of drug-likeness (QED) is 0.268. The van der Waals surface area contributed by atoms with Crippen LogP contribution in [-0.2, 0) is 21.0 Å². The normalized spacial score (nSPS) is 24.7. The zero-order chi connectivity index (χ0) is 32.3. The fourth-order valence-corrected chi connectivity index (χ4v) is 8.15. The van der Waals surface area contributed by atoms with Crippen molar-refractivity contribution in [3.63, 3.8) is 0 Å². The number of hydrogen-bond donors (Lipinski definition) is 1. The molecule has 2 atom stereocenters. The number of anilines is 1. The Labute approximate surface area is 254 Å². The fraction of sp³-hybridized carbons (Fsp3) is 0.387. The number of hydrogen-bond acceptors (Lipinski definition) is 5. The first kappa shape index (κ1) is 31.1. The second-order valence-electron chi connectivity index (χ2n) is 11.7. The molecule has 3 aliphatic rings. The molecule has 1 heterocycles. The van der Waals surface area contributed by atoms with Crippen LogP contribution in [0.25, 0.3) is 11.1 Å². The first-order chi connectivity index (χ1) is 21.2. The summed E-state index contributed by atoms with van der Waals surface area (Å²) >= 11 is 0. The van der Waals surface area contributed by atoms with E-state index >= 15 is 0 Å². The molecule has 45 heavy (non-hydrogen) atoms. The molecule has 240 valence electrons. The highest BCUT2D eigenvalue weighted by Crippen LogP contribution is 2.62. The first-order valence-corrected chi connectivity index (χ1v) is 15.6. The van der Waals surface area contributed by atoms with Crippen LogP contribution < -0.4 is 13.8 Å². The van der Waals surface area contributed by atoms with E-state index in [1.165, 1.54) is 18.2 Å². The Morgan fingerprint density at radius 1 is 1.02 bits per heavy atom. The average Bonchev–Trinajstić information content (AvgIpc) is 3.69. The summed E-state index contributed by atoms with van der Waals surface area (Å²) in [6.45, 7) is -3.47. The fourth-order valence-electron chi connectivity index (χ4n) is 6.62. The zero-order valence-corrected chi connectivity index (χ0v) is 24.3. The maximum absolute atomic E-state index is 14.3. The highest BCUT2D eigenvalue weighted by atomic mass is 32.2. The molecule has 2 aliphatic carbocycles. The Bertz CT molecular complexity index is 1740. The van der Waals surface area contributed by atoms with E-state index in [0.717, 1.165) is 40.7 Å². The van der Waals surface area contributed by atoms with Crippen LogP contribution in [-0.4, -0.2) is 38.8 Å². The summed E-state index contributed by atoms with van der Waals surface area (Å²) in [6.07, 6.45) is -2.48. The maximum Gasteiger partial charge on any atom is 0.416 e. The van der Waals surface area contributed by atoms with E-state index in [2.05, 4.69) is 4.74 Å². The lowest BCUT2D eigenvalue weighted by atomic mass is 9.76. The maximum atomic E-state index is 14.3. The molecular formula is C31H27F6NO6S. The average molecular weight is 656 g/mol. The van der Waals surface area contributed by atoms with Crippen LogP contribution in [0.3, 0.4) is 0 Å². The summed E-state index contributed by atoms with van der Waals surface area (Å²) < 4.78 is 120. The number of carboxylic acid groups (broad SMARTS) is 1. The highest BCUT2D eigenvalue weighted by molar-refractivity contribution is 7.92. The van der Waals surface area contributed by atoms with Gasteiger partial charge in [0.2, 0.25) is 0 Å². The third-order valence-corrected chi connectivity index (χ3v) is 10.8. The smallest absolute Gasteiger partial charge is 0.416 e. The molecule has 0 saturated heterocycles. The van der Waals surface area contributed by atoms with Crippen LogP contribution in [0.2, 0.25) is 0 Å². The number of rotatable bonds is 7. The topological polar surface area (TPSA) is 93.1 Å². The van der Waals surface area contributed by atoms with Gasteiger partial charge in [-0.15, -0.1) is 0 Å². The molecule has 14 heteroatoms. The van der Waals surface area contributed by atoms with Gasteiger partial charge in [-0.25, -0.2) is 12.8 Å². The second-order valence-corrected chi connectivity index (χ2v) is 13.6. The number of fused-ring (bicyclic) bond motifs is 1. The van der Waals surface area contributed by atoms with Crippen molar-refractivity contribution in [1.29, 1.82) is 0 Å². The van der Waals surface area contributed by atoms with E-state index in [-0.39, 0.29) is 40.4 Å². The zero-order valence-electron chi connectivity index (χ0n) is 23.4. The third-order valence-electron chi connectivity index (χ3n) is 9.07. The van der Waals surface area contributed by atoms with Crippen molar-refractivity contribution in [2.45, 2.75) is 55.9 Å². The number of nitrogens with zero attached hydrogens (tertiary/aromatic N) is 1. The van der Waals surface area contributed by atoms with Gasteiger partial charge in [-0.3, -0.25) is 9.10 Å². The van der Waals surface area contributed by atoms with E-state index in [1.54, 1.807) is 0 Å². The first-order valence-electron chi connectivity index (χ1n) is 14.2. The van der Waals surface area contributed by atoms with Gasteiger partial charge in [0.05, 0.1) is 28.6 Å². The van der Waals surface area contributed by atoms with Gasteiger partial charge in [0.1, 0.15) is 23.4 Å². The lowest BCUT2D eigenvalue weighted by molar-refractivity contribution is -0.140. The van der Waals surface area contributed by atoms with Crippen LogP contribution in [0, 0.1) is 23.1 Å². The van der Waals surface area contributed by atoms with Crippen molar-refractivity contribution >= 4 is 21.7 Å².